The summed E-state index contributed by atoms with van der Waals surface area (Å²) in [7, 11) is 1.61. The second kappa shape index (κ2) is 5.48. The van der Waals surface area contributed by atoms with Crippen LogP contribution < -0.4 is 15.4 Å². The zero-order chi connectivity index (χ0) is 13.9. The number of hydrogen-bond acceptors (Lipinski definition) is 3. The van der Waals surface area contributed by atoms with Crippen molar-refractivity contribution in [2.45, 2.75) is 31.8 Å². The number of carbonyl (C=O) groups excluding carboxylic acids is 1. The Bertz CT molecular complexity index is 470. The van der Waals surface area contributed by atoms with Crippen LogP contribution in [-0.4, -0.2) is 30.4 Å². The van der Waals surface area contributed by atoms with Crippen LogP contribution in [0.2, 0.25) is 0 Å². The Morgan fingerprint density at radius 1 is 1.47 bits per heavy atom. The molecular formula is C14H20N2O3. The number of nitrogens with one attached hydrogen (secondary N) is 2. The van der Waals surface area contributed by atoms with Crippen LogP contribution in [0.25, 0.3) is 0 Å². The summed E-state index contributed by atoms with van der Waals surface area (Å²) in [5.41, 5.74) is 0.961. The predicted octanol–water partition coefficient (Wildman–Crippen LogP) is 2.04. The molecule has 3 N–H and O–H groups in total. The molecule has 2 amide bonds. The summed E-state index contributed by atoms with van der Waals surface area (Å²) in [5.74, 6) is 0.757. The number of aliphatic hydroxyl groups is 1. The molecule has 1 aliphatic rings. The smallest absolute Gasteiger partial charge is 0.319 e. The SMILES string of the molecule is COc1ccc(NC(=O)NCC2(O)CCC2)c(C)c1. The summed E-state index contributed by atoms with van der Waals surface area (Å²) in [6, 6.07) is 5.15. The van der Waals surface area contributed by atoms with E-state index < -0.39 is 5.60 Å². The molecule has 1 fully saturated rings. The van der Waals surface area contributed by atoms with Crippen molar-refractivity contribution in [3.05, 3.63) is 23.8 Å². The highest BCUT2D eigenvalue weighted by Crippen LogP contribution is 2.30. The highest BCUT2D eigenvalue weighted by molar-refractivity contribution is 5.90. The lowest BCUT2D eigenvalue weighted by Gasteiger charge is -2.36. The van der Waals surface area contributed by atoms with Crippen LogP contribution in [0.1, 0.15) is 24.8 Å². The molecule has 1 aromatic carbocycles. The molecule has 2 rings (SSSR count). The Labute approximate surface area is 113 Å². The van der Waals surface area contributed by atoms with Gasteiger partial charge in [-0.25, -0.2) is 4.79 Å². The maximum absolute atomic E-state index is 11.7. The van der Waals surface area contributed by atoms with Gasteiger partial charge in [0.05, 0.1) is 12.7 Å². The van der Waals surface area contributed by atoms with Crippen LogP contribution in [0.4, 0.5) is 10.5 Å². The summed E-state index contributed by atoms with van der Waals surface area (Å²) in [5, 5.41) is 15.4. The minimum absolute atomic E-state index is 0.298. The Kier molecular flexibility index (Phi) is 3.95. The second-order valence-electron chi connectivity index (χ2n) is 5.07. The second-order valence-corrected chi connectivity index (χ2v) is 5.07. The van der Waals surface area contributed by atoms with Crippen LogP contribution in [0.3, 0.4) is 0 Å². The number of carbonyl (C=O) groups is 1. The number of methoxy groups -OCH3 is 1. The van der Waals surface area contributed by atoms with Crippen LogP contribution in [0, 0.1) is 6.92 Å². The van der Waals surface area contributed by atoms with Crippen molar-refractivity contribution in [2.24, 2.45) is 0 Å². The third kappa shape index (κ3) is 3.38. The molecule has 0 aromatic heterocycles. The summed E-state index contributed by atoms with van der Waals surface area (Å²) < 4.78 is 5.11. The van der Waals surface area contributed by atoms with E-state index >= 15 is 0 Å². The van der Waals surface area contributed by atoms with E-state index in [4.69, 9.17) is 4.74 Å². The van der Waals surface area contributed by atoms with Crippen molar-refractivity contribution < 1.29 is 14.6 Å². The number of rotatable bonds is 4. The fourth-order valence-electron chi connectivity index (χ4n) is 2.08. The van der Waals surface area contributed by atoms with Crippen LogP contribution in [0.15, 0.2) is 18.2 Å². The minimum atomic E-state index is -0.702. The Morgan fingerprint density at radius 2 is 2.21 bits per heavy atom. The van der Waals surface area contributed by atoms with Gasteiger partial charge in [0.1, 0.15) is 5.75 Å². The number of aryl methyl sites for hydroxylation is 1. The van der Waals surface area contributed by atoms with Gasteiger partial charge >= 0.3 is 6.03 Å². The molecule has 5 heteroatoms. The highest BCUT2D eigenvalue weighted by atomic mass is 16.5. The molecular weight excluding hydrogens is 244 g/mol. The van der Waals surface area contributed by atoms with E-state index in [1.807, 2.05) is 13.0 Å². The summed E-state index contributed by atoms with van der Waals surface area (Å²) in [6.07, 6.45) is 2.54. The van der Waals surface area contributed by atoms with Crippen molar-refractivity contribution in [3.63, 3.8) is 0 Å². The molecule has 104 valence electrons. The van der Waals surface area contributed by atoms with Gasteiger partial charge in [0, 0.05) is 12.2 Å². The van der Waals surface area contributed by atoms with Crippen molar-refractivity contribution in [3.8, 4) is 5.75 Å². The monoisotopic (exact) mass is 264 g/mol. The average molecular weight is 264 g/mol. The van der Waals surface area contributed by atoms with E-state index in [9.17, 15) is 9.90 Å². The van der Waals surface area contributed by atoms with Gasteiger partial charge in [-0.2, -0.15) is 0 Å². The van der Waals surface area contributed by atoms with Crippen molar-refractivity contribution in [1.82, 2.24) is 5.32 Å². The van der Waals surface area contributed by atoms with Gasteiger partial charge in [-0.05, 0) is 49.9 Å². The molecule has 1 saturated carbocycles. The fraction of sp³-hybridized carbons (Fsp3) is 0.500. The molecule has 19 heavy (non-hydrogen) atoms. The van der Waals surface area contributed by atoms with E-state index in [2.05, 4.69) is 10.6 Å². The molecule has 0 saturated heterocycles. The maximum Gasteiger partial charge on any atom is 0.319 e. The third-order valence-corrected chi connectivity index (χ3v) is 3.54. The summed E-state index contributed by atoms with van der Waals surface area (Å²) in [4.78, 5) is 11.7. The van der Waals surface area contributed by atoms with Gasteiger partial charge in [-0.1, -0.05) is 0 Å². The zero-order valence-electron chi connectivity index (χ0n) is 11.3. The van der Waals surface area contributed by atoms with E-state index in [0.29, 0.717) is 6.54 Å². The Hall–Kier alpha value is -1.75. The highest BCUT2D eigenvalue weighted by Gasteiger charge is 2.34. The first-order valence-electron chi connectivity index (χ1n) is 6.44. The first-order valence-corrected chi connectivity index (χ1v) is 6.44. The molecule has 0 spiro atoms. The molecule has 0 atom stereocenters. The van der Waals surface area contributed by atoms with E-state index in [-0.39, 0.29) is 6.03 Å². The van der Waals surface area contributed by atoms with E-state index in [1.54, 1.807) is 19.2 Å². The van der Waals surface area contributed by atoms with Gasteiger partial charge in [0.15, 0.2) is 0 Å². The molecule has 1 aliphatic carbocycles. The van der Waals surface area contributed by atoms with Crippen molar-refractivity contribution in [1.29, 1.82) is 0 Å². The van der Waals surface area contributed by atoms with Crippen molar-refractivity contribution >= 4 is 11.7 Å². The van der Waals surface area contributed by atoms with E-state index in [1.165, 1.54) is 0 Å². The number of amides is 2. The first-order chi connectivity index (χ1) is 9.02. The molecule has 1 aromatic rings. The van der Waals surface area contributed by atoms with Gasteiger partial charge in [0.25, 0.3) is 0 Å². The van der Waals surface area contributed by atoms with Gasteiger partial charge in [0.2, 0.25) is 0 Å². The fourth-order valence-corrected chi connectivity index (χ4v) is 2.08. The lowest BCUT2D eigenvalue weighted by molar-refractivity contribution is -0.0287. The molecule has 0 radical (unpaired) electrons. The largest absolute Gasteiger partial charge is 0.497 e. The molecule has 5 nitrogen and oxygen atoms in total. The predicted molar refractivity (Wildman–Crippen MR) is 73.6 cm³/mol. The first kappa shape index (κ1) is 13.7. The van der Waals surface area contributed by atoms with Gasteiger partial charge in [-0.15, -0.1) is 0 Å². The number of urea groups is 1. The Balaban J connectivity index is 1.88. The van der Waals surface area contributed by atoms with Crippen LogP contribution >= 0.6 is 0 Å². The number of ether oxygens (including phenoxy) is 1. The van der Waals surface area contributed by atoms with Crippen molar-refractivity contribution in [2.75, 3.05) is 19.0 Å². The van der Waals surface area contributed by atoms with Gasteiger partial charge < -0.3 is 20.5 Å². The lowest BCUT2D eigenvalue weighted by atomic mass is 9.80. The number of anilines is 1. The van der Waals surface area contributed by atoms with Crippen LogP contribution in [0.5, 0.6) is 5.75 Å². The molecule has 0 bridgehead atoms. The lowest BCUT2D eigenvalue weighted by Crippen LogP contribution is -2.48. The molecule has 0 unspecified atom stereocenters. The van der Waals surface area contributed by atoms with Gasteiger partial charge in [-0.3, -0.25) is 0 Å². The topological polar surface area (TPSA) is 70.6 Å². The standard InChI is InChI=1S/C14H20N2O3/c1-10-8-11(19-2)4-5-12(10)16-13(17)15-9-14(18)6-3-7-14/h4-5,8,18H,3,6-7,9H2,1-2H3,(H2,15,16,17). The molecule has 0 aliphatic heterocycles. The number of benzene rings is 1. The average Bonchev–Trinajstić information content (AvgIpc) is 2.36. The zero-order valence-corrected chi connectivity index (χ0v) is 11.3. The van der Waals surface area contributed by atoms with Crippen LogP contribution in [-0.2, 0) is 0 Å². The molecule has 0 heterocycles. The quantitative estimate of drug-likeness (QED) is 0.779. The number of hydrogen-bond donors (Lipinski definition) is 3. The Morgan fingerprint density at radius 3 is 2.74 bits per heavy atom. The minimum Gasteiger partial charge on any atom is -0.497 e. The van der Waals surface area contributed by atoms with E-state index in [0.717, 1.165) is 36.3 Å². The summed E-state index contributed by atoms with van der Waals surface area (Å²) in [6.45, 7) is 2.20. The third-order valence-electron chi connectivity index (χ3n) is 3.54. The maximum atomic E-state index is 11.7. The normalized spacial score (nSPS) is 16.4. The summed E-state index contributed by atoms with van der Waals surface area (Å²) >= 11 is 0.